The summed E-state index contributed by atoms with van der Waals surface area (Å²) in [5.74, 6) is -1.78. The lowest BCUT2D eigenvalue weighted by atomic mass is 10.1. The van der Waals surface area contributed by atoms with Gasteiger partial charge in [-0.2, -0.15) is 5.26 Å². The zero-order valence-electron chi connectivity index (χ0n) is 17.1. The maximum absolute atomic E-state index is 13.4. The molecule has 1 N–H and O–H groups in total. The van der Waals surface area contributed by atoms with E-state index >= 15 is 0 Å². The molecular weight excluding hydrogens is 470 g/mol. The summed E-state index contributed by atoms with van der Waals surface area (Å²) in [6.07, 6.45) is 1.33. The van der Waals surface area contributed by atoms with Crippen molar-refractivity contribution in [2.24, 2.45) is 0 Å². The first kappa shape index (κ1) is 23.8. The molecule has 0 aliphatic rings. The van der Waals surface area contributed by atoms with E-state index in [9.17, 15) is 19.2 Å². The Kier molecular flexibility index (Phi) is 7.67. The van der Waals surface area contributed by atoms with Crippen LogP contribution in [0.5, 0.6) is 11.5 Å². The summed E-state index contributed by atoms with van der Waals surface area (Å²) in [5.41, 5.74) is 0.510. The first-order valence-electron chi connectivity index (χ1n) is 9.35. The molecule has 166 valence electrons. The van der Waals surface area contributed by atoms with Gasteiger partial charge in [-0.15, -0.1) is 0 Å². The maximum atomic E-state index is 13.4. The third-order valence-electron chi connectivity index (χ3n) is 4.33. The Morgan fingerprint density at radius 1 is 1.06 bits per heavy atom. The van der Waals surface area contributed by atoms with Gasteiger partial charge in [-0.25, -0.2) is 9.18 Å². The molecule has 0 aliphatic carbocycles. The van der Waals surface area contributed by atoms with Crippen molar-refractivity contribution in [3.63, 3.8) is 0 Å². The number of rotatable bonds is 6. The van der Waals surface area contributed by atoms with E-state index in [1.807, 2.05) is 6.07 Å². The van der Waals surface area contributed by atoms with Crippen molar-refractivity contribution < 1.29 is 23.5 Å². The predicted molar refractivity (Wildman–Crippen MR) is 123 cm³/mol. The molecule has 0 bridgehead atoms. The largest absolute Gasteiger partial charge is 0.493 e. The molecule has 0 atom stereocenters. The Morgan fingerprint density at radius 3 is 2.52 bits per heavy atom. The molecule has 0 fully saturated rings. The number of esters is 1. The van der Waals surface area contributed by atoms with E-state index in [2.05, 4.69) is 5.32 Å². The number of anilines is 1. The van der Waals surface area contributed by atoms with Crippen molar-refractivity contribution in [2.45, 2.75) is 0 Å². The van der Waals surface area contributed by atoms with E-state index in [1.54, 1.807) is 18.2 Å². The molecule has 6 nitrogen and oxygen atoms in total. The van der Waals surface area contributed by atoms with E-state index in [-0.39, 0.29) is 38.4 Å². The van der Waals surface area contributed by atoms with Crippen LogP contribution in [0, 0.1) is 17.1 Å². The number of carbonyl (C=O) groups is 2. The first-order valence-corrected chi connectivity index (χ1v) is 10.1. The molecule has 0 aliphatic heterocycles. The fraction of sp³-hybridized carbons (Fsp3) is 0.0417. The zero-order valence-corrected chi connectivity index (χ0v) is 18.6. The quantitative estimate of drug-likeness (QED) is 0.203. The molecule has 33 heavy (non-hydrogen) atoms. The number of nitriles is 1. The number of methoxy groups -OCH3 is 1. The lowest BCUT2D eigenvalue weighted by Gasteiger charge is -2.11. The van der Waals surface area contributed by atoms with Crippen LogP contribution in [0.25, 0.3) is 6.08 Å². The Labute approximate surface area is 198 Å². The van der Waals surface area contributed by atoms with E-state index in [0.29, 0.717) is 5.56 Å². The minimum absolute atomic E-state index is 0.0316. The highest BCUT2D eigenvalue weighted by atomic mass is 35.5. The number of halogens is 3. The van der Waals surface area contributed by atoms with Gasteiger partial charge in [-0.1, -0.05) is 41.4 Å². The lowest BCUT2D eigenvalue weighted by Crippen LogP contribution is -2.13. The summed E-state index contributed by atoms with van der Waals surface area (Å²) >= 11 is 12.0. The molecule has 0 saturated heterocycles. The number of carbonyl (C=O) groups excluding carboxylic acids is 2. The minimum Gasteiger partial charge on any atom is -0.493 e. The van der Waals surface area contributed by atoms with Crippen LogP contribution < -0.4 is 14.8 Å². The van der Waals surface area contributed by atoms with Gasteiger partial charge in [0.25, 0.3) is 5.91 Å². The standard InChI is InChI=1S/C24H15Cl2FN2O4/c1-32-21-11-14(8-9-20(21)33-24(31)15-4-2-5-17(27)12-15)10-16(13-28)23(30)29-19-7-3-6-18(25)22(19)26/h2-12H,1H3,(H,29,30)/b16-10+. The van der Waals surface area contributed by atoms with Crippen LogP contribution >= 0.6 is 23.2 Å². The van der Waals surface area contributed by atoms with Crippen molar-refractivity contribution in [3.05, 3.63) is 93.2 Å². The van der Waals surface area contributed by atoms with Crippen molar-refractivity contribution in [3.8, 4) is 17.6 Å². The Balaban J connectivity index is 1.82. The van der Waals surface area contributed by atoms with Crippen LogP contribution in [0.2, 0.25) is 10.0 Å². The highest BCUT2D eigenvalue weighted by Crippen LogP contribution is 2.31. The van der Waals surface area contributed by atoms with Gasteiger partial charge in [0.2, 0.25) is 0 Å². The Morgan fingerprint density at radius 2 is 1.82 bits per heavy atom. The summed E-state index contributed by atoms with van der Waals surface area (Å²) in [6, 6.07) is 16.0. The molecular formula is C24H15Cl2FN2O4. The predicted octanol–water partition coefficient (Wildman–Crippen LogP) is 5.91. The fourth-order valence-corrected chi connectivity index (χ4v) is 3.09. The second kappa shape index (κ2) is 10.6. The second-order valence-corrected chi connectivity index (χ2v) is 7.32. The summed E-state index contributed by atoms with van der Waals surface area (Å²) in [7, 11) is 1.36. The normalized spacial score (nSPS) is 10.8. The lowest BCUT2D eigenvalue weighted by molar-refractivity contribution is -0.112. The Bertz CT molecular complexity index is 1300. The van der Waals surface area contributed by atoms with Crippen LogP contribution in [0.15, 0.2) is 66.2 Å². The van der Waals surface area contributed by atoms with Gasteiger partial charge in [0.15, 0.2) is 11.5 Å². The van der Waals surface area contributed by atoms with E-state index < -0.39 is 17.7 Å². The molecule has 3 aromatic rings. The summed E-state index contributed by atoms with van der Waals surface area (Å²) in [6.45, 7) is 0. The third kappa shape index (κ3) is 5.89. The first-order chi connectivity index (χ1) is 15.8. The Hall–Kier alpha value is -3.86. The monoisotopic (exact) mass is 484 g/mol. The van der Waals surface area contributed by atoms with Gasteiger partial charge >= 0.3 is 5.97 Å². The van der Waals surface area contributed by atoms with Crippen LogP contribution in [0.3, 0.4) is 0 Å². The molecule has 3 rings (SSSR count). The smallest absolute Gasteiger partial charge is 0.343 e. The number of hydrogen-bond acceptors (Lipinski definition) is 5. The van der Waals surface area contributed by atoms with E-state index in [0.717, 1.165) is 6.07 Å². The molecule has 1 amide bonds. The molecule has 0 spiro atoms. The van der Waals surface area contributed by atoms with Crippen LogP contribution in [-0.4, -0.2) is 19.0 Å². The third-order valence-corrected chi connectivity index (χ3v) is 5.15. The van der Waals surface area contributed by atoms with Gasteiger partial charge < -0.3 is 14.8 Å². The molecule has 0 aromatic heterocycles. The van der Waals surface area contributed by atoms with Gasteiger partial charge in [-0.05, 0) is 54.1 Å². The van der Waals surface area contributed by atoms with Crippen molar-refractivity contribution >= 4 is 46.8 Å². The highest BCUT2D eigenvalue weighted by molar-refractivity contribution is 6.44. The second-order valence-electron chi connectivity index (χ2n) is 6.54. The number of nitrogens with zero attached hydrogens (tertiary/aromatic N) is 1. The van der Waals surface area contributed by atoms with Gasteiger partial charge in [0.05, 0.1) is 28.4 Å². The number of benzene rings is 3. The average molecular weight is 485 g/mol. The number of hydrogen-bond donors (Lipinski definition) is 1. The highest BCUT2D eigenvalue weighted by Gasteiger charge is 2.16. The number of nitrogens with one attached hydrogen (secondary N) is 1. The summed E-state index contributed by atoms with van der Waals surface area (Å²) < 4.78 is 23.9. The van der Waals surface area contributed by atoms with Gasteiger partial charge in [0.1, 0.15) is 17.5 Å². The van der Waals surface area contributed by atoms with Gasteiger partial charge in [-0.3, -0.25) is 4.79 Å². The molecule has 9 heteroatoms. The molecule has 0 unspecified atom stereocenters. The van der Waals surface area contributed by atoms with Crippen LogP contribution in [-0.2, 0) is 4.79 Å². The average Bonchev–Trinajstić information content (AvgIpc) is 2.81. The SMILES string of the molecule is COc1cc(/C=C(\C#N)C(=O)Nc2cccc(Cl)c2Cl)ccc1OC(=O)c1cccc(F)c1. The molecule has 0 radical (unpaired) electrons. The van der Waals surface area contributed by atoms with Crippen molar-refractivity contribution in [1.29, 1.82) is 5.26 Å². The molecule has 0 heterocycles. The summed E-state index contributed by atoms with van der Waals surface area (Å²) in [4.78, 5) is 24.8. The minimum atomic E-state index is -0.772. The molecule has 0 saturated carbocycles. The fourth-order valence-electron chi connectivity index (χ4n) is 2.74. The number of ether oxygens (including phenoxy) is 2. The maximum Gasteiger partial charge on any atom is 0.343 e. The zero-order chi connectivity index (χ0) is 24.0. The van der Waals surface area contributed by atoms with Crippen LogP contribution in [0.1, 0.15) is 15.9 Å². The van der Waals surface area contributed by atoms with Crippen molar-refractivity contribution in [2.75, 3.05) is 12.4 Å². The van der Waals surface area contributed by atoms with E-state index in [4.69, 9.17) is 32.7 Å². The summed E-state index contributed by atoms with van der Waals surface area (Å²) in [5, 5.41) is 12.4. The van der Waals surface area contributed by atoms with Crippen LogP contribution in [0.4, 0.5) is 10.1 Å². The van der Waals surface area contributed by atoms with Crippen molar-refractivity contribution in [1.82, 2.24) is 0 Å². The topological polar surface area (TPSA) is 88.4 Å². The number of amides is 1. The van der Waals surface area contributed by atoms with E-state index in [1.165, 1.54) is 49.6 Å². The molecule has 3 aromatic carbocycles. The van der Waals surface area contributed by atoms with Gasteiger partial charge in [0, 0.05) is 0 Å².